The summed E-state index contributed by atoms with van der Waals surface area (Å²) in [5.41, 5.74) is 7.74. The smallest absolute Gasteiger partial charge is 0.243 e. The van der Waals surface area contributed by atoms with Gasteiger partial charge in [0.2, 0.25) is 5.91 Å². The van der Waals surface area contributed by atoms with Gasteiger partial charge in [0.05, 0.1) is 6.04 Å². The van der Waals surface area contributed by atoms with E-state index in [0.717, 1.165) is 24.3 Å². The van der Waals surface area contributed by atoms with Gasteiger partial charge >= 0.3 is 0 Å². The van der Waals surface area contributed by atoms with E-state index in [4.69, 9.17) is 5.73 Å². The van der Waals surface area contributed by atoms with Crippen LogP contribution in [0.5, 0.6) is 0 Å². The van der Waals surface area contributed by atoms with Crippen molar-refractivity contribution in [2.75, 3.05) is 30.4 Å². The van der Waals surface area contributed by atoms with Crippen LogP contribution >= 0.6 is 0 Å². The molecule has 2 rings (SSSR count). The summed E-state index contributed by atoms with van der Waals surface area (Å²) in [6, 6.07) is 7.61. The summed E-state index contributed by atoms with van der Waals surface area (Å²) in [7, 11) is 3.98. The molecule has 1 atom stereocenters. The third kappa shape index (κ3) is 1.88. The quantitative estimate of drug-likeness (QED) is 0.801. The van der Waals surface area contributed by atoms with Crippen LogP contribution in [0.3, 0.4) is 0 Å². The van der Waals surface area contributed by atoms with Gasteiger partial charge in [-0.25, -0.2) is 0 Å². The van der Waals surface area contributed by atoms with Gasteiger partial charge in [-0.1, -0.05) is 0 Å². The number of carbonyl (C=O) groups excluding carboxylic acids is 1. The fourth-order valence-electron chi connectivity index (χ4n) is 1.89. The van der Waals surface area contributed by atoms with Crippen LogP contribution in [0.15, 0.2) is 24.3 Å². The molecule has 1 heterocycles. The third-order valence-electron chi connectivity index (χ3n) is 2.92. The third-order valence-corrected chi connectivity index (χ3v) is 2.92. The van der Waals surface area contributed by atoms with Crippen LogP contribution in [-0.4, -0.2) is 32.6 Å². The van der Waals surface area contributed by atoms with Gasteiger partial charge < -0.3 is 15.5 Å². The maximum atomic E-state index is 11.7. The van der Waals surface area contributed by atoms with Gasteiger partial charge in [0.1, 0.15) is 0 Å². The number of hydrogen-bond donors (Lipinski definition) is 1. The van der Waals surface area contributed by atoms with Crippen LogP contribution in [0.4, 0.5) is 11.4 Å². The Hall–Kier alpha value is -1.55. The Labute approximate surface area is 95.6 Å². The Morgan fingerprint density at radius 3 is 2.38 bits per heavy atom. The molecule has 1 aliphatic heterocycles. The highest BCUT2D eigenvalue weighted by atomic mass is 16.2. The first-order valence-corrected chi connectivity index (χ1v) is 5.44. The number of anilines is 2. The van der Waals surface area contributed by atoms with Gasteiger partial charge in [-0.2, -0.15) is 0 Å². The Kier molecular flexibility index (Phi) is 2.83. The minimum atomic E-state index is -0.325. The molecule has 2 N–H and O–H groups in total. The second-order valence-corrected chi connectivity index (χ2v) is 4.30. The predicted octanol–water partition coefficient (Wildman–Crippen LogP) is 0.817. The lowest BCUT2D eigenvalue weighted by Gasteiger charge is -2.18. The van der Waals surface area contributed by atoms with Crippen molar-refractivity contribution >= 4 is 17.3 Å². The first-order valence-electron chi connectivity index (χ1n) is 5.44. The maximum Gasteiger partial charge on any atom is 0.243 e. The number of benzene rings is 1. The molecule has 1 saturated heterocycles. The van der Waals surface area contributed by atoms with Crippen molar-refractivity contribution < 1.29 is 4.79 Å². The molecule has 0 saturated carbocycles. The normalized spacial score (nSPS) is 20.3. The van der Waals surface area contributed by atoms with Crippen LogP contribution < -0.4 is 15.5 Å². The highest BCUT2D eigenvalue weighted by Crippen LogP contribution is 2.23. The lowest BCUT2D eigenvalue weighted by atomic mass is 10.2. The molecule has 1 aliphatic rings. The van der Waals surface area contributed by atoms with Crippen molar-refractivity contribution in [3.05, 3.63) is 24.3 Å². The highest BCUT2D eigenvalue weighted by Gasteiger charge is 2.29. The van der Waals surface area contributed by atoms with Crippen molar-refractivity contribution in [1.82, 2.24) is 0 Å². The van der Waals surface area contributed by atoms with Gasteiger partial charge in [0, 0.05) is 32.0 Å². The summed E-state index contributed by atoms with van der Waals surface area (Å²) < 4.78 is 0. The Bertz CT molecular complexity index is 386. The second kappa shape index (κ2) is 4.14. The molecular formula is C12H17N3O. The van der Waals surface area contributed by atoms with Crippen LogP contribution in [0.25, 0.3) is 0 Å². The fourth-order valence-corrected chi connectivity index (χ4v) is 1.89. The number of nitrogens with two attached hydrogens (primary N) is 1. The maximum absolute atomic E-state index is 11.7. The second-order valence-electron chi connectivity index (χ2n) is 4.30. The molecule has 1 aromatic carbocycles. The molecule has 16 heavy (non-hydrogen) atoms. The molecule has 86 valence electrons. The summed E-state index contributed by atoms with van der Waals surface area (Å²) >= 11 is 0. The van der Waals surface area contributed by atoms with Gasteiger partial charge in [0.25, 0.3) is 0 Å². The fraction of sp³-hybridized carbons (Fsp3) is 0.417. The molecule has 0 unspecified atom stereocenters. The lowest BCUT2D eigenvalue weighted by Crippen LogP contribution is -2.33. The average molecular weight is 219 g/mol. The molecule has 1 fully saturated rings. The Morgan fingerprint density at radius 1 is 1.31 bits per heavy atom. The van der Waals surface area contributed by atoms with Gasteiger partial charge in [-0.15, -0.1) is 0 Å². The number of rotatable bonds is 2. The van der Waals surface area contributed by atoms with E-state index in [1.807, 2.05) is 43.3 Å². The minimum Gasteiger partial charge on any atom is -0.378 e. The number of hydrogen-bond acceptors (Lipinski definition) is 3. The van der Waals surface area contributed by atoms with E-state index in [1.54, 1.807) is 4.90 Å². The first-order chi connectivity index (χ1) is 7.59. The molecule has 4 heteroatoms. The standard InChI is InChI=1S/C12H17N3O/c1-14(2)9-3-5-10(6-4-9)15-8-7-11(13)12(15)16/h3-6,11H,7-8,13H2,1-2H3/t11-/m0/s1. The van der Waals surface area contributed by atoms with Crippen LogP contribution in [-0.2, 0) is 4.79 Å². The molecule has 1 aromatic rings. The van der Waals surface area contributed by atoms with E-state index in [1.165, 1.54) is 0 Å². The largest absolute Gasteiger partial charge is 0.378 e. The van der Waals surface area contributed by atoms with Crippen LogP contribution in [0, 0.1) is 0 Å². The minimum absolute atomic E-state index is 0.0256. The van der Waals surface area contributed by atoms with Gasteiger partial charge in [-0.3, -0.25) is 4.79 Å². The zero-order valence-corrected chi connectivity index (χ0v) is 9.68. The summed E-state index contributed by atoms with van der Waals surface area (Å²) in [4.78, 5) is 15.5. The van der Waals surface area contributed by atoms with Crippen LogP contribution in [0.1, 0.15) is 6.42 Å². The summed E-state index contributed by atoms with van der Waals surface area (Å²) in [6.45, 7) is 0.724. The molecular weight excluding hydrogens is 202 g/mol. The molecule has 1 amide bonds. The monoisotopic (exact) mass is 219 g/mol. The van der Waals surface area contributed by atoms with E-state index in [2.05, 4.69) is 0 Å². The SMILES string of the molecule is CN(C)c1ccc(N2CC[C@H](N)C2=O)cc1. The zero-order valence-electron chi connectivity index (χ0n) is 9.68. The van der Waals surface area contributed by atoms with Crippen LogP contribution in [0.2, 0.25) is 0 Å². The molecule has 0 radical (unpaired) electrons. The van der Waals surface area contributed by atoms with Crippen molar-refractivity contribution in [2.24, 2.45) is 5.73 Å². The molecule has 4 nitrogen and oxygen atoms in total. The number of nitrogens with zero attached hydrogens (tertiary/aromatic N) is 2. The topological polar surface area (TPSA) is 49.6 Å². The van der Waals surface area contributed by atoms with E-state index < -0.39 is 0 Å². The Morgan fingerprint density at radius 2 is 1.94 bits per heavy atom. The summed E-state index contributed by atoms with van der Waals surface area (Å²) in [5, 5.41) is 0. The summed E-state index contributed by atoms with van der Waals surface area (Å²) in [6.07, 6.45) is 0.744. The molecule has 0 bridgehead atoms. The number of amides is 1. The van der Waals surface area contributed by atoms with E-state index >= 15 is 0 Å². The van der Waals surface area contributed by atoms with Gasteiger partial charge in [-0.05, 0) is 30.7 Å². The zero-order chi connectivity index (χ0) is 11.7. The molecule has 0 spiro atoms. The summed E-state index contributed by atoms with van der Waals surface area (Å²) in [5.74, 6) is 0.0256. The van der Waals surface area contributed by atoms with Crippen molar-refractivity contribution in [3.63, 3.8) is 0 Å². The van der Waals surface area contributed by atoms with E-state index in [0.29, 0.717) is 0 Å². The highest BCUT2D eigenvalue weighted by molar-refractivity contribution is 5.99. The van der Waals surface area contributed by atoms with Crippen molar-refractivity contribution in [3.8, 4) is 0 Å². The first kappa shape index (κ1) is 11.0. The van der Waals surface area contributed by atoms with Crippen molar-refractivity contribution in [2.45, 2.75) is 12.5 Å². The van der Waals surface area contributed by atoms with Gasteiger partial charge in [0.15, 0.2) is 0 Å². The average Bonchev–Trinajstić information content (AvgIpc) is 2.60. The Balaban J connectivity index is 2.19. The van der Waals surface area contributed by atoms with Crippen molar-refractivity contribution in [1.29, 1.82) is 0 Å². The molecule has 0 aromatic heterocycles. The predicted molar refractivity (Wildman–Crippen MR) is 65.7 cm³/mol. The van der Waals surface area contributed by atoms with E-state index in [-0.39, 0.29) is 11.9 Å². The number of carbonyl (C=O) groups is 1. The van der Waals surface area contributed by atoms with E-state index in [9.17, 15) is 4.79 Å². The molecule has 0 aliphatic carbocycles. The lowest BCUT2D eigenvalue weighted by molar-refractivity contribution is -0.118.